The van der Waals surface area contributed by atoms with Crippen LogP contribution in [0, 0.1) is 0 Å². The van der Waals surface area contributed by atoms with Gasteiger partial charge in [0.15, 0.2) is 5.82 Å². The molecular formula is C12H13N3O. The number of rotatable bonds is 3. The topological polar surface area (TPSA) is 50.4 Å². The third-order valence-electron chi connectivity index (χ3n) is 2.41. The van der Waals surface area contributed by atoms with Gasteiger partial charge in [-0.15, -0.1) is 0 Å². The Balaban J connectivity index is 2.24. The monoisotopic (exact) mass is 215 g/mol. The third-order valence-corrected chi connectivity index (χ3v) is 2.41. The number of nitrogens with zero attached hydrogens (tertiary/aromatic N) is 3. The lowest BCUT2D eigenvalue weighted by Crippen LogP contribution is -2.11. The minimum Gasteiger partial charge on any atom is -0.411 e. The molecule has 2 rings (SSSR count). The first-order valence-corrected chi connectivity index (χ1v) is 5.04. The highest BCUT2D eigenvalue weighted by atomic mass is 16.4. The Hall–Kier alpha value is -2.10. The third kappa shape index (κ3) is 2.11. The highest BCUT2D eigenvalue weighted by Gasteiger charge is 2.10. The molecule has 2 aromatic rings. The van der Waals surface area contributed by atoms with Crippen molar-refractivity contribution in [3.8, 4) is 0 Å². The highest BCUT2D eigenvalue weighted by Crippen LogP contribution is 2.06. The van der Waals surface area contributed by atoms with Crippen molar-refractivity contribution in [1.82, 2.24) is 9.55 Å². The van der Waals surface area contributed by atoms with Crippen molar-refractivity contribution >= 4 is 5.71 Å². The number of aromatic nitrogens is 2. The molecule has 0 atom stereocenters. The van der Waals surface area contributed by atoms with Crippen molar-refractivity contribution in [3.05, 3.63) is 54.1 Å². The maximum atomic E-state index is 9.02. The van der Waals surface area contributed by atoms with Crippen LogP contribution in [0.1, 0.15) is 11.4 Å². The molecule has 0 saturated carbocycles. The van der Waals surface area contributed by atoms with E-state index in [4.69, 9.17) is 5.21 Å². The van der Waals surface area contributed by atoms with Crippen molar-refractivity contribution in [1.29, 1.82) is 0 Å². The average molecular weight is 215 g/mol. The zero-order valence-corrected chi connectivity index (χ0v) is 9.04. The van der Waals surface area contributed by atoms with Gasteiger partial charge in [0.05, 0.1) is 0 Å². The predicted octanol–water partition coefficient (Wildman–Crippen LogP) is 1.84. The van der Waals surface area contributed by atoms with E-state index in [0.29, 0.717) is 18.0 Å². The molecule has 0 fully saturated rings. The zero-order chi connectivity index (χ0) is 11.4. The molecule has 1 heterocycles. The fraction of sp³-hybridized carbons (Fsp3) is 0.167. The first kappa shape index (κ1) is 10.4. The van der Waals surface area contributed by atoms with Gasteiger partial charge in [-0.25, -0.2) is 4.98 Å². The molecule has 0 bridgehead atoms. The van der Waals surface area contributed by atoms with Crippen LogP contribution in [0.25, 0.3) is 0 Å². The molecule has 4 nitrogen and oxygen atoms in total. The van der Waals surface area contributed by atoms with Crippen LogP contribution >= 0.6 is 0 Å². The van der Waals surface area contributed by atoms with Gasteiger partial charge >= 0.3 is 0 Å². The van der Waals surface area contributed by atoms with E-state index in [1.807, 2.05) is 48.1 Å². The molecular weight excluding hydrogens is 202 g/mol. The summed E-state index contributed by atoms with van der Waals surface area (Å²) in [4.78, 5) is 4.16. The van der Waals surface area contributed by atoms with Gasteiger partial charge in [-0.05, 0) is 5.56 Å². The Morgan fingerprint density at radius 2 is 2.12 bits per heavy atom. The Bertz CT molecular complexity index is 488. The number of imidazole rings is 1. The molecule has 0 aliphatic rings. The van der Waals surface area contributed by atoms with Crippen LogP contribution in [0.5, 0.6) is 0 Å². The van der Waals surface area contributed by atoms with Crippen LogP contribution in [0.2, 0.25) is 0 Å². The molecule has 1 N–H and O–H groups in total. The molecule has 0 spiro atoms. The second-order valence-corrected chi connectivity index (χ2v) is 3.57. The molecule has 0 aliphatic carbocycles. The standard InChI is InChI=1S/C12H13N3O/c1-15-8-7-13-12(15)11(14-16)9-10-5-3-2-4-6-10/h2-8,16H,9H2,1H3. The number of benzene rings is 1. The molecule has 0 saturated heterocycles. The van der Waals surface area contributed by atoms with Crippen molar-refractivity contribution < 1.29 is 5.21 Å². The van der Waals surface area contributed by atoms with Gasteiger partial charge in [-0.3, -0.25) is 0 Å². The second-order valence-electron chi connectivity index (χ2n) is 3.57. The van der Waals surface area contributed by atoms with Gasteiger partial charge in [-0.1, -0.05) is 35.5 Å². The van der Waals surface area contributed by atoms with E-state index in [1.54, 1.807) is 6.20 Å². The molecule has 0 unspecified atom stereocenters. The summed E-state index contributed by atoms with van der Waals surface area (Å²) in [6.45, 7) is 0. The Morgan fingerprint density at radius 1 is 1.38 bits per heavy atom. The molecule has 0 amide bonds. The number of hydrogen-bond acceptors (Lipinski definition) is 3. The summed E-state index contributed by atoms with van der Waals surface area (Å²) < 4.78 is 1.83. The van der Waals surface area contributed by atoms with Crippen LogP contribution < -0.4 is 0 Å². The van der Waals surface area contributed by atoms with Gasteiger partial charge in [0.2, 0.25) is 0 Å². The van der Waals surface area contributed by atoms with Crippen molar-refractivity contribution in [2.45, 2.75) is 6.42 Å². The van der Waals surface area contributed by atoms with Gasteiger partial charge in [0.1, 0.15) is 5.71 Å². The quantitative estimate of drug-likeness (QED) is 0.482. The highest BCUT2D eigenvalue weighted by molar-refractivity contribution is 5.98. The Morgan fingerprint density at radius 3 is 2.69 bits per heavy atom. The van der Waals surface area contributed by atoms with Gasteiger partial charge in [0, 0.05) is 25.9 Å². The average Bonchev–Trinajstić information content (AvgIpc) is 2.74. The van der Waals surface area contributed by atoms with Crippen LogP contribution in [0.15, 0.2) is 47.9 Å². The zero-order valence-electron chi connectivity index (χ0n) is 9.04. The van der Waals surface area contributed by atoms with Gasteiger partial charge in [0.25, 0.3) is 0 Å². The van der Waals surface area contributed by atoms with E-state index in [2.05, 4.69) is 10.1 Å². The summed E-state index contributed by atoms with van der Waals surface area (Å²) in [6, 6.07) is 9.87. The lowest BCUT2D eigenvalue weighted by atomic mass is 10.1. The van der Waals surface area contributed by atoms with Gasteiger partial charge in [-0.2, -0.15) is 0 Å². The number of aryl methyl sites for hydroxylation is 1. The van der Waals surface area contributed by atoms with Crippen molar-refractivity contribution in [2.24, 2.45) is 12.2 Å². The first-order chi connectivity index (χ1) is 7.81. The Kier molecular flexibility index (Phi) is 3.00. The van der Waals surface area contributed by atoms with Crippen molar-refractivity contribution in [3.63, 3.8) is 0 Å². The molecule has 0 radical (unpaired) electrons. The minimum absolute atomic E-state index is 0.568. The molecule has 82 valence electrons. The fourth-order valence-corrected chi connectivity index (χ4v) is 1.59. The normalized spacial score (nSPS) is 11.7. The summed E-state index contributed by atoms with van der Waals surface area (Å²) in [5.74, 6) is 0.686. The van der Waals surface area contributed by atoms with E-state index in [1.165, 1.54) is 0 Å². The second kappa shape index (κ2) is 4.61. The van der Waals surface area contributed by atoms with E-state index < -0.39 is 0 Å². The molecule has 0 aliphatic heterocycles. The number of oxime groups is 1. The SMILES string of the molecule is Cn1ccnc1C(Cc1ccccc1)=NO. The fourth-order valence-electron chi connectivity index (χ4n) is 1.59. The maximum Gasteiger partial charge on any atom is 0.157 e. The summed E-state index contributed by atoms with van der Waals surface area (Å²) in [6.07, 6.45) is 4.08. The van der Waals surface area contributed by atoms with E-state index in [0.717, 1.165) is 5.56 Å². The summed E-state index contributed by atoms with van der Waals surface area (Å²) in [7, 11) is 1.87. The van der Waals surface area contributed by atoms with Crippen LogP contribution in [0.3, 0.4) is 0 Å². The first-order valence-electron chi connectivity index (χ1n) is 5.04. The molecule has 1 aromatic heterocycles. The summed E-state index contributed by atoms with van der Waals surface area (Å²) in [5.41, 5.74) is 1.66. The lowest BCUT2D eigenvalue weighted by Gasteiger charge is -2.04. The summed E-state index contributed by atoms with van der Waals surface area (Å²) >= 11 is 0. The van der Waals surface area contributed by atoms with E-state index in [-0.39, 0.29) is 0 Å². The molecule has 4 heteroatoms. The lowest BCUT2D eigenvalue weighted by molar-refractivity contribution is 0.318. The van der Waals surface area contributed by atoms with Crippen LogP contribution in [0.4, 0.5) is 0 Å². The summed E-state index contributed by atoms with van der Waals surface area (Å²) in [5, 5.41) is 12.3. The Labute approximate surface area is 93.9 Å². The maximum absolute atomic E-state index is 9.02. The predicted molar refractivity (Wildman–Crippen MR) is 61.7 cm³/mol. The largest absolute Gasteiger partial charge is 0.411 e. The number of hydrogen-bond donors (Lipinski definition) is 1. The minimum atomic E-state index is 0.568. The van der Waals surface area contributed by atoms with Crippen LogP contribution in [-0.4, -0.2) is 20.5 Å². The van der Waals surface area contributed by atoms with Crippen molar-refractivity contribution in [2.75, 3.05) is 0 Å². The van der Waals surface area contributed by atoms with E-state index in [9.17, 15) is 0 Å². The molecule has 16 heavy (non-hydrogen) atoms. The van der Waals surface area contributed by atoms with E-state index >= 15 is 0 Å². The van der Waals surface area contributed by atoms with Crippen LogP contribution in [-0.2, 0) is 13.5 Å². The molecule has 1 aromatic carbocycles. The van der Waals surface area contributed by atoms with Gasteiger partial charge < -0.3 is 9.77 Å². The smallest absolute Gasteiger partial charge is 0.157 e.